The highest BCUT2D eigenvalue weighted by Crippen LogP contribution is 2.14. The zero-order valence-corrected chi connectivity index (χ0v) is 10.7. The molecule has 0 amide bonds. The monoisotopic (exact) mass is 274 g/mol. The Morgan fingerprint density at radius 2 is 2.32 bits per heavy atom. The highest BCUT2D eigenvalue weighted by atomic mass is 32.1. The number of hydrogen-bond donors (Lipinski definition) is 1. The average Bonchev–Trinajstić information content (AvgIpc) is 3.05. The molecule has 7 heteroatoms. The summed E-state index contributed by atoms with van der Waals surface area (Å²) in [5.74, 6) is -0.950. The number of aromatic carboxylic acids is 1. The molecule has 2 aromatic heterocycles. The maximum atomic E-state index is 11.0. The molecule has 1 N–H and O–H groups in total. The maximum absolute atomic E-state index is 11.0. The Hall–Kier alpha value is -2.28. The van der Waals surface area contributed by atoms with Crippen molar-refractivity contribution >= 4 is 28.3 Å². The normalized spacial score (nSPS) is 10.9. The molecule has 0 aliphatic rings. The number of thiazole rings is 1. The van der Waals surface area contributed by atoms with Crippen LogP contribution in [-0.4, -0.2) is 31.1 Å². The molecule has 0 unspecified atom stereocenters. The van der Waals surface area contributed by atoms with Gasteiger partial charge in [-0.2, -0.15) is 0 Å². The lowest BCUT2D eigenvalue weighted by atomic mass is 10.2. The fourth-order valence-electron chi connectivity index (χ4n) is 1.84. The molecular weight excluding hydrogens is 264 g/mol. The first-order valence-corrected chi connectivity index (χ1v) is 6.62. The number of fused-ring (bicyclic) bond motifs is 1. The molecule has 0 aliphatic heterocycles. The Labute approximate surface area is 112 Å². The molecule has 3 aromatic rings. The van der Waals surface area contributed by atoms with Crippen molar-refractivity contribution in [3.05, 3.63) is 40.3 Å². The Kier molecular flexibility index (Phi) is 2.96. The maximum Gasteiger partial charge on any atom is 0.335 e. The molecule has 3 rings (SSSR count). The van der Waals surface area contributed by atoms with Crippen molar-refractivity contribution in [2.45, 2.75) is 13.0 Å². The van der Waals surface area contributed by atoms with E-state index in [1.54, 1.807) is 33.7 Å². The summed E-state index contributed by atoms with van der Waals surface area (Å²) in [6, 6.07) is 4.80. The second-order valence-electron chi connectivity index (χ2n) is 4.05. The van der Waals surface area contributed by atoms with Crippen LogP contribution in [0.4, 0.5) is 0 Å². The summed E-state index contributed by atoms with van der Waals surface area (Å²) in [6.07, 6.45) is 0.749. The van der Waals surface area contributed by atoms with Crippen molar-refractivity contribution in [3.8, 4) is 0 Å². The van der Waals surface area contributed by atoms with Gasteiger partial charge < -0.3 is 5.11 Å². The summed E-state index contributed by atoms with van der Waals surface area (Å²) in [7, 11) is 0. The molecule has 2 heterocycles. The van der Waals surface area contributed by atoms with Crippen molar-refractivity contribution < 1.29 is 9.90 Å². The van der Waals surface area contributed by atoms with Gasteiger partial charge in [0.15, 0.2) is 0 Å². The lowest BCUT2D eigenvalue weighted by molar-refractivity contribution is 0.0697. The minimum absolute atomic E-state index is 0.240. The molecule has 0 saturated carbocycles. The molecule has 0 saturated heterocycles. The summed E-state index contributed by atoms with van der Waals surface area (Å²) in [4.78, 5) is 15.2. The number of carbonyl (C=O) groups is 1. The van der Waals surface area contributed by atoms with E-state index in [0.717, 1.165) is 17.6 Å². The molecular formula is C12H10N4O2S. The average molecular weight is 274 g/mol. The van der Waals surface area contributed by atoms with Crippen LogP contribution in [0.3, 0.4) is 0 Å². The Morgan fingerprint density at radius 3 is 3.05 bits per heavy atom. The molecule has 0 atom stereocenters. The van der Waals surface area contributed by atoms with Crippen molar-refractivity contribution in [1.82, 2.24) is 20.0 Å². The summed E-state index contributed by atoms with van der Waals surface area (Å²) in [5, 5.41) is 19.0. The van der Waals surface area contributed by atoms with Crippen molar-refractivity contribution in [2.75, 3.05) is 0 Å². The molecule has 96 valence electrons. The van der Waals surface area contributed by atoms with Gasteiger partial charge in [-0.1, -0.05) is 5.21 Å². The number of hydrogen-bond acceptors (Lipinski definition) is 5. The molecule has 0 fully saturated rings. The van der Waals surface area contributed by atoms with Gasteiger partial charge in [0.1, 0.15) is 5.52 Å². The van der Waals surface area contributed by atoms with Gasteiger partial charge in [0.25, 0.3) is 0 Å². The first-order valence-electron chi connectivity index (χ1n) is 5.67. The number of nitrogens with zero attached hydrogens (tertiary/aromatic N) is 4. The van der Waals surface area contributed by atoms with Gasteiger partial charge in [0.2, 0.25) is 0 Å². The third-order valence-corrected chi connectivity index (χ3v) is 3.46. The molecule has 1 aromatic carbocycles. The van der Waals surface area contributed by atoms with Crippen LogP contribution in [0.25, 0.3) is 11.0 Å². The summed E-state index contributed by atoms with van der Waals surface area (Å²) < 4.78 is 1.71. The van der Waals surface area contributed by atoms with Crippen LogP contribution in [0.5, 0.6) is 0 Å². The van der Waals surface area contributed by atoms with Crippen LogP contribution in [0, 0.1) is 0 Å². The number of aryl methyl sites for hydroxylation is 2. The molecule has 19 heavy (non-hydrogen) atoms. The minimum atomic E-state index is -0.950. The first kappa shape index (κ1) is 11.8. The van der Waals surface area contributed by atoms with Crippen molar-refractivity contribution in [2.24, 2.45) is 0 Å². The SMILES string of the molecule is O=C(O)c1ccc2nnn(CCc3cscn3)c2c1. The first-order chi connectivity index (χ1) is 9.24. The summed E-state index contributed by atoms with van der Waals surface area (Å²) in [5.41, 5.74) is 4.46. The zero-order chi connectivity index (χ0) is 13.2. The quantitative estimate of drug-likeness (QED) is 0.785. The third kappa shape index (κ3) is 2.32. The van der Waals surface area contributed by atoms with Crippen LogP contribution in [0.15, 0.2) is 29.1 Å². The van der Waals surface area contributed by atoms with E-state index in [1.165, 1.54) is 6.07 Å². The van der Waals surface area contributed by atoms with Gasteiger partial charge in [-0.15, -0.1) is 16.4 Å². The van der Waals surface area contributed by atoms with E-state index in [0.29, 0.717) is 12.1 Å². The molecule has 0 spiro atoms. The van der Waals surface area contributed by atoms with E-state index in [-0.39, 0.29) is 5.56 Å². The Balaban J connectivity index is 1.90. The van der Waals surface area contributed by atoms with E-state index in [1.807, 2.05) is 5.38 Å². The summed E-state index contributed by atoms with van der Waals surface area (Å²) >= 11 is 1.55. The van der Waals surface area contributed by atoms with Gasteiger partial charge in [-0.25, -0.2) is 14.5 Å². The molecule has 0 radical (unpaired) electrons. The predicted octanol–water partition coefficient (Wildman–Crippen LogP) is 1.83. The van der Waals surface area contributed by atoms with Crippen LogP contribution >= 0.6 is 11.3 Å². The number of carboxylic acids is 1. The van der Waals surface area contributed by atoms with Crippen molar-refractivity contribution in [1.29, 1.82) is 0 Å². The fraction of sp³-hybridized carbons (Fsp3) is 0.167. The minimum Gasteiger partial charge on any atom is -0.478 e. The van der Waals surface area contributed by atoms with Crippen molar-refractivity contribution in [3.63, 3.8) is 0 Å². The highest BCUT2D eigenvalue weighted by molar-refractivity contribution is 7.07. The molecule has 6 nitrogen and oxygen atoms in total. The van der Waals surface area contributed by atoms with E-state index in [2.05, 4.69) is 15.3 Å². The zero-order valence-electron chi connectivity index (χ0n) is 9.85. The van der Waals surface area contributed by atoms with Crippen LogP contribution < -0.4 is 0 Å². The Bertz CT molecular complexity index is 720. The largest absolute Gasteiger partial charge is 0.478 e. The topological polar surface area (TPSA) is 80.9 Å². The van der Waals surface area contributed by atoms with E-state index in [9.17, 15) is 4.79 Å². The highest BCUT2D eigenvalue weighted by Gasteiger charge is 2.09. The van der Waals surface area contributed by atoms with Crippen LogP contribution in [-0.2, 0) is 13.0 Å². The molecule has 0 aliphatic carbocycles. The van der Waals surface area contributed by atoms with Gasteiger partial charge in [0, 0.05) is 18.3 Å². The standard InChI is InChI=1S/C12H10N4O2S/c17-12(18)8-1-2-10-11(5-8)16(15-14-10)4-3-9-6-19-7-13-9/h1-2,5-7H,3-4H2,(H,17,18). The number of carboxylic acid groups (broad SMARTS) is 1. The second-order valence-corrected chi connectivity index (χ2v) is 4.77. The van der Waals surface area contributed by atoms with E-state index >= 15 is 0 Å². The predicted molar refractivity (Wildman–Crippen MR) is 70.3 cm³/mol. The molecule has 0 bridgehead atoms. The van der Waals surface area contributed by atoms with Gasteiger partial charge in [-0.3, -0.25) is 0 Å². The lowest BCUT2D eigenvalue weighted by Gasteiger charge is -2.01. The van der Waals surface area contributed by atoms with E-state index < -0.39 is 5.97 Å². The number of benzene rings is 1. The van der Waals surface area contributed by atoms with Crippen LogP contribution in [0.2, 0.25) is 0 Å². The van der Waals surface area contributed by atoms with Gasteiger partial charge >= 0.3 is 5.97 Å². The number of rotatable bonds is 4. The van der Waals surface area contributed by atoms with E-state index in [4.69, 9.17) is 5.11 Å². The third-order valence-electron chi connectivity index (χ3n) is 2.82. The summed E-state index contributed by atoms with van der Waals surface area (Å²) in [6.45, 7) is 0.628. The number of aromatic nitrogens is 4. The second kappa shape index (κ2) is 4.77. The van der Waals surface area contributed by atoms with Gasteiger partial charge in [0.05, 0.1) is 22.3 Å². The fourth-order valence-corrected chi connectivity index (χ4v) is 2.44. The Morgan fingerprint density at radius 1 is 1.42 bits per heavy atom. The lowest BCUT2D eigenvalue weighted by Crippen LogP contribution is -2.04. The smallest absolute Gasteiger partial charge is 0.335 e. The van der Waals surface area contributed by atoms with Gasteiger partial charge in [-0.05, 0) is 18.2 Å². The van der Waals surface area contributed by atoms with Crippen LogP contribution in [0.1, 0.15) is 16.1 Å².